The van der Waals surface area contributed by atoms with E-state index in [1.807, 2.05) is 49.5 Å². The fourth-order valence-electron chi connectivity index (χ4n) is 2.46. The average Bonchev–Trinajstić information content (AvgIpc) is 2.76. The third kappa shape index (κ3) is 2.30. The minimum absolute atomic E-state index is 0.154. The van der Waals surface area contributed by atoms with Gasteiger partial charge in [-0.25, -0.2) is 4.98 Å². The van der Waals surface area contributed by atoms with E-state index in [1.165, 1.54) is 0 Å². The first-order chi connectivity index (χ1) is 9.66. The molecule has 1 heterocycles. The molecule has 2 N–H and O–H groups in total. The molecule has 3 aromatic rings. The number of hydrogen-bond acceptors (Lipinski definition) is 2. The quantitative estimate of drug-likeness (QED) is 0.801. The molecule has 0 fully saturated rings. The first-order valence-corrected chi connectivity index (χ1v) is 6.95. The van der Waals surface area contributed by atoms with Crippen LogP contribution in [-0.4, -0.2) is 9.55 Å². The second kappa shape index (κ2) is 5.27. The lowest BCUT2D eigenvalue weighted by Gasteiger charge is -2.13. The van der Waals surface area contributed by atoms with E-state index in [4.69, 9.17) is 17.3 Å². The summed E-state index contributed by atoms with van der Waals surface area (Å²) in [5, 5.41) is 0.707. The molecule has 1 unspecified atom stereocenters. The Bertz CT molecular complexity index is 748. The van der Waals surface area contributed by atoms with E-state index in [2.05, 4.69) is 15.6 Å². The van der Waals surface area contributed by atoms with E-state index < -0.39 is 0 Å². The Labute approximate surface area is 123 Å². The van der Waals surface area contributed by atoms with Crippen molar-refractivity contribution in [2.24, 2.45) is 12.8 Å². The van der Waals surface area contributed by atoms with E-state index in [9.17, 15) is 0 Å². The molecule has 0 saturated heterocycles. The van der Waals surface area contributed by atoms with E-state index in [0.29, 0.717) is 11.4 Å². The summed E-state index contributed by atoms with van der Waals surface area (Å²) >= 11 is 6.20. The summed E-state index contributed by atoms with van der Waals surface area (Å²) < 4.78 is 2.09. The molecule has 0 amide bonds. The van der Waals surface area contributed by atoms with Crippen molar-refractivity contribution in [3.05, 3.63) is 64.9 Å². The molecule has 1 atom stereocenters. The number of nitrogens with zero attached hydrogens (tertiary/aromatic N) is 2. The zero-order chi connectivity index (χ0) is 14.1. The van der Waals surface area contributed by atoms with Crippen LogP contribution in [0.2, 0.25) is 5.02 Å². The summed E-state index contributed by atoms with van der Waals surface area (Å²) in [6, 6.07) is 15.6. The molecule has 3 nitrogen and oxygen atoms in total. The van der Waals surface area contributed by atoms with Gasteiger partial charge in [0.2, 0.25) is 0 Å². The predicted molar refractivity (Wildman–Crippen MR) is 82.8 cm³/mol. The highest BCUT2D eigenvalue weighted by atomic mass is 35.5. The van der Waals surface area contributed by atoms with Crippen molar-refractivity contribution in [3.63, 3.8) is 0 Å². The van der Waals surface area contributed by atoms with Gasteiger partial charge in [0.25, 0.3) is 0 Å². The molecular formula is C16H16ClN3. The number of hydrogen-bond donors (Lipinski definition) is 1. The van der Waals surface area contributed by atoms with Crippen molar-refractivity contribution < 1.29 is 0 Å². The SMILES string of the molecule is Cn1c(CC(N)c2ccccc2Cl)nc2ccccc21. The normalized spacial score (nSPS) is 12.8. The van der Waals surface area contributed by atoms with Crippen LogP contribution in [0.4, 0.5) is 0 Å². The van der Waals surface area contributed by atoms with Gasteiger partial charge in [0, 0.05) is 24.5 Å². The van der Waals surface area contributed by atoms with Gasteiger partial charge in [-0.15, -0.1) is 0 Å². The molecule has 0 bridgehead atoms. The van der Waals surface area contributed by atoms with Crippen molar-refractivity contribution in [2.45, 2.75) is 12.5 Å². The predicted octanol–water partition coefficient (Wildman–Crippen LogP) is 3.47. The highest BCUT2D eigenvalue weighted by molar-refractivity contribution is 6.31. The molecule has 20 heavy (non-hydrogen) atoms. The molecule has 0 aliphatic heterocycles. The van der Waals surface area contributed by atoms with Gasteiger partial charge in [0.1, 0.15) is 5.82 Å². The van der Waals surface area contributed by atoms with Crippen LogP contribution in [0.5, 0.6) is 0 Å². The highest BCUT2D eigenvalue weighted by Crippen LogP contribution is 2.24. The topological polar surface area (TPSA) is 43.8 Å². The van der Waals surface area contributed by atoms with Crippen LogP contribution in [0.1, 0.15) is 17.4 Å². The smallest absolute Gasteiger partial charge is 0.111 e. The third-order valence-corrected chi connectivity index (χ3v) is 3.93. The van der Waals surface area contributed by atoms with Gasteiger partial charge in [0.05, 0.1) is 11.0 Å². The lowest BCUT2D eigenvalue weighted by Crippen LogP contribution is -2.16. The second-order valence-electron chi connectivity index (χ2n) is 4.91. The van der Waals surface area contributed by atoms with Crippen molar-refractivity contribution >= 4 is 22.6 Å². The van der Waals surface area contributed by atoms with E-state index in [0.717, 1.165) is 22.4 Å². The van der Waals surface area contributed by atoms with E-state index >= 15 is 0 Å². The molecule has 3 rings (SSSR count). The summed E-state index contributed by atoms with van der Waals surface area (Å²) in [5.41, 5.74) is 9.36. The van der Waals surface area contributed by atoms with E-state index in [1.54, 1.807) is 0 Å². The number of rotatable bonds is 3. The minimum Gasteiger partial charge on any atom is -0.331 e. The fourth-order valence-corrected chi connectivity index (χ4v) is 2.74. The number of halogens is 1. The van der Waals surface area contributed by atoms with Crippen LogP contribution in [0.3, 0.4) is 0 Å². The summed E-state index contributed by atoms with van der Waals surface area (Å²) in [5.74, 6) is 0.971. The third-order valence-electron chi connectivity index (χ3n) is 3.59. The highest BCUT2D eigenvalue weighted by Gasteiger charge is 2.14. The number of fused-ring (bicyclic) bond motifs is 1. The zero-order valence-electron chi connectivity index (χ0n) is 11.3. The van der Waals surface area contributed by atoms with Crippen LogP contribution in [0.15, 0.2) is 48.5 Å². The maximum absolute atomic E-state index is 6.28. The molecule has 0 saturated carbocycles. The lowest BCUT2D eigenvalue weighted by molar-refractivity contribution is 0.665. The zero-order valence-corrected chi connectivity index (χ0v) is 12.0. The molecule has 1 aromatic heterocycles. The molecular weight excluding hydrogens is 270 g/mol. The Morgan fingerprint density at radius 1 is 1.15 bits per heavy atom. The molecule has 4 heteroatoms. The van der Waals surface area contributed by atoms with Gasteiger partial charge in [-0.1, -0.05) is 41.9 Å². The maximum atomic E-state index is 6.28. The molecule has 0 aliphatic rings. The van der Waals surface area contributed by atoms with Crippen LogP contribution in [0, 0.1) is 0 Å². The number of imidazole rings is 1. The first kappa shape index (κ1) is 13.2. The van der Waals surface area contributed by atoms with Gasteiger partial charge in [-0.2, -0.15) is 0 Å². The van der Waals surface area contributed by atoms with E-state index in [-0.39, 0.29) is 6.04 Å². The average molecular weight is 286 g/mol. The second-order valence-corrected chi connectivity index (χ2v) is 5.32. The van der Waals surface area contributed by atoms with Gasteiger partial charge in [0.15, 0.2) is 0 Å². The lowest BCUT2D eigenvalue weighted by atomic mass is 10.0. The molecule has 0 radical (unpaired) electrons. The molecule has 0 spiro atoms. The van der Waals surface area contributed by atoms with Crippen molar-refractivity contribution in [3.8, 4) is 0 Å². The first-order valence-electron chi connectivity index (χ1n) is 6.57. The molecule has 102 valence electrons. The Balaban J connectivity index is 1.93. The summed E-state index contributed by atoms with van der Waals surface area (Å²) in [6.45, 7) is 0. The Kier molecular flexibility index (Phi) is 3.47. The van der Waals surface area contributed by atoms with Crippen LogP contribution in [-0.2, 0) is 13.5 Å². The summed E-state index contributed by atoms with van der Waals surface area (Å²) in [4.78, 5) is 4.65. The van der Waals surface area contributed by atoms with Gasteiger partial charge < -0.3 is 10.3 Å². The standard InChI is InChI=1S/C16H16ClN3/c1-20-15-9-5-4-8-14(15)19-16(20)10-13(18)11-6-2-3-7-12(11)17/h2-9,13H,10,18H2,1H3. The largest absolute Gasteiger partial charge is 0.331 e. The number of aryl methyl sites for hydroxylation is 1. The number of aromatic nitrogens is 2. The van der Waals surface area contributed by atoms with Crippen LogP contribution < -0.4 is 5.73 Å². The van der Waals surface area contributed by atoms with Crippen molar-refractivity contribution in [2.75, 3.05) is 0 Å². The molecule has 0 aliphatic carbocycles. The summed E-state index contributed by atoms with van der Waals surface area (Å²) in [6.07, 6.45) is 0.662. The fraction of sp³-hybridized carbons (Fsp3) is 0.188. The Morgan fingerprint density at radius 2 is 1.85 bits per heavy atom. The molecule has 2 aromatic carbocycles. The monoisotopic (exact) mass is 285 g/mol. The van der Waals surface area contributed by atoms with Crippen molar-refractivity contribution in [1.82, 2.24) is 9.55 Å². The van der Waals surface area contributed by atoms with Crippen LogP contribution in [0.25, 0.3) is 11.0 Å². The summed E-state index contributed by atoms with van der Waals surface area (Å²) in [7, 11) is 2.02. The van der Waals surface area contributed by atoms with Crippen molar-refractivity contribution in [1.29, 1.82) is 0 Å². The van der Waals surface area contributed by atoms with Gasteiger partial charge in [-0.3, -0.25) is 0 Å². The maximum Gasteiger partial charge on any atom is 0.111 e. The number of benzene rings is 2. The number of para-hydroxylation sites is 2. The minimum atomic E-state index is -0.154. The van der Waals surface area contributed by atoms with Crippen LogP contribution >= 0.6 is 11.6 Å². The number of nitrogens with two attached hydrogens (primary N) is 1. The van der Waals surface area contributed by atoms with Gasteiger partial charge in [-0.05, 0) is 23.8 Å². The Morgan fingerprint density at radius 3 is 2.60 bits per heavy atom. The van der Waals surface area contributed by atoms with Gasteiger partial charge >= 0.3 is 0 Å². The Hall–Kier alpha value is -1.84.